The summed E-state index contributed by atoms with van der Waals surface area (Å²) in [5.41, 5.74) is 2.63. The van der Waals surface area contributed by atoms with Crippen LogP contribution in [0.2, 0.25) is 10.0 Å². The van der Waals surface area contributed by atoms with E-state index in [0.29, 0.717) is 26.8 Å². The molecule has 2 aliphatic rings. The van der Waals surface area contributed by atoms with Gasteiger partial charge in [-0.25, -0.2) is 9.18 Å². The van der Waals surface area contributed by atoms with Gasteiger partial charge >= 0.3 is 5.97 Å². The molecule has 2 aromatic carbocycles. The SMILES string of the molecule is CCOC(=O)C(F)=C(c1ccc(Cl)cc1)C1CC1.OCC(F)=C(c1ccc(Cl)cc1)C1CC1. The minimum Gasteiger partial charge on any atom is -0.461 e. The quantitative estimate of drug-likeness (QED) is 0.321. The number of halogens is 4. The molecule has 2 saturated carbocycles. The highest BCUT2D eigenvalue weighted by atomic mass is 35.5. The highest BCUT2D eigenvalue weighted by Crippen LogP contribution is 2.45. The molecule has 4 rings (SSSR count). The average molecular weight is 495 g/mol. The van der Waals surface area contributed by atoms with Gasteiger partial charge < -0.3 is 9.84 Å². The highest BCUT2D eigenvalue weighted by molar-refractivity contribution is 6.30. The Morgan fingerprint density at radius 3 is 1.70 bits per heavy atom. The topological polar surface area (TPSA) is 46.5 Å². The summed E-state index contributed by atoms with van der Waals surface area (Å²) >= 11 is 11.6. The van der Waals surface area contributed by atoms with Gasteiger partial charge in [-0.2, -0.15) is 4.39 Å². The van der Waals surface area contributed by atoms with E-state index in [1.807, 2.05) is 0 Å². The Kier molecular flexibility index (Phi) is 9.07. The summed E-state index contributed by atoms with van der Waals surface area (Å²) in [5.74, 6) is -1.68. The van der Waals surface area contributed by atoms with E-state index in [1.54, 1.807) is 55.5 Å². The van der Waals surface area contributed by atoms with Gasteiger partial charge in [0, 0.05) is 15.6 Å². The van der Waals surface area contributed by atoms with Crippen molar-refractivity contribution in [2.75, 3.05) is 13.2 Å². The summed E-state index contributed by atoms with van der Waals surface area (Å²) in [6.45, 7) is 1.31. The molecule has 0 bridgehead atoms. The lowest BCUT2D eigenvalue weighted by molar-refractivity contribution is -0.140. The van der Waals surface area contributed by atoms with Crippen LogP contribution < -0.4 is 0 Å². The maximum Gasteiger partial charge on any atom is 0.367 e. The number of aliphatic hydroxyl groups is 1. The predicted octanol–water partition coefficient (Wildman–Crippen LogP) is 7.42. The van der Waals surface area contributed by atoms with Crippen molar-refractivity contribution < 1.29 is 23.4 Å². The van der Waals surface area contributed by atoms with E-state index >= 15 is 0 Å². The number of allylic oxidation sites excluding steroid dienone is 2. The number of hydrogen-bond acceptors (Lipinski definition) is 3. The molecule has 2 aromatic rings. The summed E-state index contributed by atoms with van der Waals surface area (Å²) in [4.78, 5) is 11.5. The van der Waals surface area contributed by atoms with Crippen LogP contribution in [0, 0.1) is 11.8 Å². The third-order valence-electron chi connectivity index (χ3n) is 5.40. The fourth-order valence-corrected chi connectivity index (χ4v) is 3.80. The number of ether oxygens (including phenoxy) is 1. The molecule has 176 valence electrons. The standard InChI is InChI=1S/C14H14ClFO2.C12H12ClFO/c1-2-18-14(17)13(16)12(9-3-4-9)10-5-7-11(15)8-6-10;13-10-5-3-9(4-6-10)12(8-1-2-8)11(14)7-15/h5-9H,2-4H2,1H3;3-6,8,15H,1-2,7H2. The molecule has 2 fully saturated rings. The highest BCUT2D eigenvalue weighted by Gasteiger charge is 2.32. The van der Waals surface area contributed by atoms with Gasteiger partial charge in [-0.3, -0.25) is 0 Å². The zero-order valence-electron chi connectivity index (χ0n) is 18.3. The Balaban J connectivity index is 0.000000189. The summed E-state index contributed by atoms with van der Waals surface area (Å²) < 4.78 is 32.3. The van der Waals surface area contributed by atoms with Crippen molar-refractivity contribution in [2.45, 2.75) is 32.6 Å². The Labute approximate surface area is 202 Å². The zero-order chi connectivity index (χ0) is 24.0. The Hall–Kier alpha value is -2.21. The van der Waals surface area contributed by atoms with Crippen LogP contribution in [-0.4, -0.2) is 24.3 Å². The Morgan fingerprint density at radius 2 is 1.30 bits per heavy atom. The molecule has 0 aliphatic heterocycles. The van der Waals surface area contributed by atoms with Crippen LogP contribution in [0.1, 0.15) is 43.7 Å². The minimum absolute atomic E-state index is 0.121. The van der Waals surface area contributed by atoms with Crippen LogP contribution in [0.4, 0.5) is 8.78 Å². The molecular formula is C26H26Cl2F2O3. The smallest absolute Gasteiger partial charge is 0.367 e. The van der Waals surface area contributed by atoms with Gasteiger partial charge in [0.25, 0.3) is 0 Å². The second-order valence-electron chi connectivity index (χ2n) is 7.99. The summed E-state index contributed by atoms with van der Waals surface area (Å²) in [5, 5.41) is 10.1. The predicted molar refractivity (Wildman–Crippen MR) is 128 cm³/mol. The van der Waals surface area contributed by atoms with Gasteiger partial charge in [-0.05, 0) is 85.4 Å². The van der Waals surface area contributed by atoms with Crippen molar-refractivity contribution in [3.63, 3.8) is 0 Å². The van der Waals surface area contributed by atoms with Gasteiger partial charge in [0.15, 0.2) is 0 Å². The van der Waals surface area contributed by atoms with E-state index in [2.05, 4.69) is 0 Å². The summed E-state index contributed by atoms with van der Waals surface area (Å²) in [7, 11) is 0. The van der Waals surface area contributed by atoms with E-state index in [9.17, 15) is 13.6 Å². The van der Waals surface area contributed by atoms with Gasteiger partial charge in [0.1, 0.15) is 5.83 Å². The summed E-state index contributed by atoms with van der Waals surface area (Å²) in [6.07, 6.45) is 3.83. The summed E-state index contributed by atoms with van der Waals surface area (Å²) in [6, 6.07) is 13.9. The maximum atomic E-state index is 14.1. The first-order valence-electron chi connectivity index (χ1n) is 10.9. The molecular weight excluding hydrogens is 469 g/mol. The van der Waals surface area contributed by atoms with Crippen molar-refractivity contribution in [1.82, 2.24) is 0 Å². The molecule has 7 heteroatoms. The van der Waals surface area contributed by atoms with E-state index < -0.39 is 24.2 Å². The van der Waals surface area contributed by atoms with E-state index in [-0.39, 0.29) is 18.4 Å². The molecule has 0 aromatic heterocycles. The van der Waals surface area contributed by atoms with E-state index in [1.165, 1.54) is 0 Å². The first-order valence-corrected chi connectivity index (χ1v) is 11.7. The number of carbonyl (C=O) groups excluding carboxylic acids is 1. The normalized spacial score (nSPS) is 16.8. The number of aliphatic hydroxyl groups excluding tert-OH is 1. The van der Waals surface area contributed by atoms with Gasteiger partial charge in [0.05, 0.1) is 13.2 Å². The number of hydrogen-bond donors (Lipinski definition) is 1. The molecule has 3 nitrogen and oxygen atoms in total. The van der Waals surface area contributed by atoms with Crippen LogP contribution in [0.25, 0.3) is 11.1 Å². The largest absolute Gasteiger partial charge is 0.461 e. The number of carbonyl (C=O) groups is 1. The Bertz CT molecular complexity index is 1020. The first-order chi connectivity index (χ1) is 15.8. The molecule has 1 N–H and O–H groups in total. The minimum atomic E-state index is -0.880. The third kappa shape index (κ3) is 7.13. The van der Waals surface area contributed by atoms with E-state index in [4.69, 9.17) is 33.0 Å². The third-order valence-corrected chi connectivity index (χ3v) is 5.91. The molecule has 0 spiro atoms. The molecule has 0 atom stereocenters. The molecule has 0 saturated heterocycles. The molecule has 33 heavy (non-hydrogen) atoms. The molecule has 0 unspecified atom stereocenters. The van der Waals surface area contributed by atoms with Crippen molar-refractivity contribution in [3.8, 4) is 0 Å². The van der Waals surface area contributed by atoms with Crippen molar-refractivity contribution in [3.05, 3.63) is 81.4 Å². The zero-order valence-corrected chi connectivity index (χ0v) is 19.8. The van der Waals surface area contributed by atoms with Gasteiger partial charge in [-0.15, -0.1) is 0 Å². The van der Waals surface area contributed by atoms with Gasteiger partial charge in [-0.1, -0.05) is 47.5 Å². The molecule has 2 aliphatic carbocycles. The fraction of sp³-hybridized carbons (Fsp3) is 0.346. The van der Waals surface area contributed by atoms with Crippen molar-refractivity contribution in [1.29, 1.82) is 0 Å². The molecule has 0 amide bonds. The van der Waals surface area contributed by atoms with Crippen LogP contribution >= 0.6 is 23.2 Å². The van der Waals surface area contributed by atoms with Crippen LogP contribution in [0.3, 0.4) is 0 Å². The second kappa shape index (κ2) is 11.8. The molecule has 0 radical (unpaired) electrons. The van der Waals surface area contributed by atoms with E-state index in [0.717, 1.165) is 31.2 Å². The van der Waals surface area contributed by atoms with Crippen molar-refractivity contribution >= 4 is 40.3 Å². The average Bonchev–Trinajstić information content (AvgIpc) is 3.72. The van der Waals surface area contributed by atoms with Crippen molar-refractivity contribution in [2.24, 2.45) is 11.8 Å². The maximum absolute atomic E-state index is 14.1. The van der Waals surface area contributed by atoms with Gasteiger partial charge in [0.2, 0.25) is 5.83 Å². The van der Waals surface area contributed by atoms with Crippen LogP contribution in [0.5, 0.6) is 0 Å². The lowest BCUT2D eigenvalue weighted by Gasteiger charge is -2.08. The number of benzene rings is 2. The lowest BCUT2D eigenvalue weighted by atomic mass is 10.0. The Morgan fingerprint density at radius 1 is 0.879 bits per heavy atom. The first kappa shape index (κ1) is 25.4. The number of esters is 1. The second-order valence-corrected chi connectivity index (χ2v) is 8.86. The van der Waals surface area contributed by atoms with Crippen LogP contribution in [0.15, 0.2) is 60.2 Å². The van der Waals surface area contributed by atoms with Crippen LogP contribution in [-0.2, 0) is 9.53 Å². The fourth-order valence-electron chi connectivity index (χ4n) is 3.55. The number of rotatable bonds is 7. The monoisotopic (exact) mass is 494 g/mol. The lowest BCUT2D eigenvalue weighted by Crippen LogP contribution is -2.07. The molecule has 0 heterocycles.